The van der Waals surface area contributed by atoms with Gasteiger partial charge in [0.05, 0.1) is 12.6 Å². The zero-order valence-electron chi connectivity index (χ0n) is 17.6. The lowest BCUT2D eigenvalue weighted by molar-refractivity contribution is -0.0960. The second-order valence-corrected chi connectivity index (χ2v) is 8.27. The maximum Gasteiger partial charge on any atom is 0.251 e. The summed E-state index contributed by atoms with van der Waals surface area (Å²) in [4.78, 5) is 15.0. The van der Waals surface area contributed by atoms with E-state index >= 15 is 0 Å². The maximum absolute atomic E-state index is 12.5. The summed E-state index contributed by atoms with van der Waals surface area (Å²) in [6.45, 7) is 4.01. The molecule has 2 aliphatic heterocycles. The van der Waals surface area contributed by atoms with Gasteiger partial charge >= 0.3 is 0 Å². The molecule has 31 heavy (non-hydrogen) atoms. The highest BCUT2D eigenvalue weighted by atomic mass is 16.5. The molecule has 0 spiro atoms. The molecule has 0 aromatic heterocycles. The van der Waals surface area contributed by atoms with Crippen molar-refractivity contribution >= 4 is 16.7 Å². The lowest BCUT2D eigenvalue weighted by Gasteiger charge is -2.44. The van der Waals surface area contributed by atoms with E-state index in [4.69, 9.17) is 9.47 Å². The Hall–Kier alpha value is -2.89. The Kier molecular flexibility index (Phi) is 5.87. The summed E-state index contributed by atoms with van der Waals surface area (Å²) < 4.78 is 12.1. The molecular formula is C26H28N2O3. The second-order valence-electron chi connectivity index (χ2n) is 8.27. The van der Waals surface area contributed by atoms with Gasteiger partial charge in [0.15, 0.2) is 0 Å². The summed E-state index contributed by atoms with van der Waals surface area (Å²) in [5.41, 5.74) is 1.87. The monoisotopic (exact) mass is 416 g/mol. The molecule has 0 unspecified atom stereocenters. The first-order valence-corrected chi connectivity index (χ1v) is 11.1. The Bertz CT molecular complexity index is 1070. The van der Waals surface area contributed by atoms with Crippen LogP contribution < -0.4 is 10.1 Å². The van der Waals surface area contributed by atoms with Crippen LogP contribution in [0.4, 0.5) is 0 Å². The van der Waals surface area contributed by atoms with E-state index in [9.17, 15) is 4.79 Å². The van der Waals surface area contributed by atoms with E-state index in [2.05, 4.69) is 22.3 Å². The van der Waals surface area contributed by atoms with Crippen LogP contribution in [0.3, 0.4) is 0 Å². The Labute approximate surface area is 183 Å². The number of hydrogen-bond donors (Lipinski definition) is 1. The third-order valence-corrected chi connectivity index (χ3v) is 6.30. The normalized spacial score (nSPS) is 20.5. The zero-order chi connectivity index (χ0) is 21.0. The van der Waals surface area contributed by atoms with Gasteiger partial charge in [-0.1, -0.05) is 48.5 Å². The van der Waals surface area contributed by atoms with Crippen molar-refractivity contribution in [2.24, 2.45) is 0 Å². The lowest BCUT2D eigenvalue weighted by atomic mass is 9.96. The van der Waals surface area contributed by atoms with Crippen molar-refractivity contribution in [3.63, 3.8) is 0 Å². The molecule has 0 radical (unpaired) electrons. The van der Waals surface area contributed by atoms with Gasteiger partial charge in [0, 0.05) is 24.2 Å². The number of carbonyl (C=O) groups is 1. The number of fused-ring (bicyclic) bond motifs is 4. The first kappa shape index (κ1) is 20.0. The molecule has 5 heteroatoms. The van der Waals surface area contributed by atoms with Crippen LogP contribution in [0.5, 0.6) is 5.75 Å². The number of ether oxygens (including phenoxy) is 2. The predicted molar refractivity (Wildman–Crippen MR) is 122 cm³/mol. The van der Waals surface area contributed by atoms with Crippen molar-refractivity contribution in [3.8, 4) is 5.75 Å². The Morgan fingerprint density at radius 2 is 1.84 bits per heavy atom. The smallest absolute Gasteiger partial charge is 0.251 e. The molecule has 2 heterocycles. The fraction of sp³-hybridized carbons (Fsp3) is 0.346. The molecule has 1 amide bonds. The molecule has 3 aromatic carbocycles. The number of nitrogens with zero attached hydrogens (tertiary/aromatic N) is 1. The molecule has 160 valence electrons. The molecule has 1 saturated heterocycles. The van der Waals surface area contributed by atoms with Gasteiger partial charge in [0.1, 0.15) is 18.5 Å². The van der Waals surface area contributed by atoms with Gasteiger partial charge in [-0.25, -0.2) is 0 Å². The zero-order valence-corrected chi connectivity index (χ0v) is 17.6. The Balaban J connectivity index is 1.10. The van der Waals surface area contributed by atoms with E-state index in [1.54, 1.807) is 0 Å². The Morgan fingerprint density at radius 3 is 2.77 bits per heavy atom. The molecule has 1 fully saturated rings. The standard InChI is InChI=1S/C26H28N2O3/c29-26(21-12-11-19-7-1-2-8-20(19)17-21)27-13-5-6-14-28-15-16-30-25-22-9-3-4-10-24(22)31-18-23(25)28/h1-4,7-12,17,23,25H,5-6,13-16,18H2,(H,27,29)/t23-,25-/m1/s1. The SMILES string of the molecule is O=C(NCCCCN1CCO[C@@H]2c3ccccc3OC[C@H]21)c1ccc2ccccc2c1. The molecule has 3 aromatic rings. The highest BCUT2D eigenvalue weighted by Crippen LogP contribution is 2.38. The van der Waals surface area contributed by atoms with Crippen molar-refractivity contribution < 1.29 is 14.3 Å². The first-order valence-electron chi connectivity index (χ1n) is 11.1. The topological polar surface area (TPSA) is 50.8 Å². The third-order valence-electron chi connectivity index (χ3n) is 6.30. The van der Waals surface area contributed by atoms with Crippen LogP contribution in [0.25, 0.3) is 10.8 Å². The van der Waals surface area contributed by atoms with E-state index in [-0.39, 0.29) is 18.1 Å². The number of unbranched alkanes of at least 4 members (excludes halogenated alkanes) is 1. The van der Waals surface area contributed by atoms with Gasteiger partial charge in [-0.05, 0) is 48.4 Å². The summed E-state index contributed by atoms with van der Waals surface area (Å²) in [5.74, 6) is 0.941. The van der Waals surface area contributed by atoms with Gasteiger partial charge in [-0.15, -0.1) is 0 Å². The van der Waals surface area contributed by atoms with Gasteiger partial charge in [0.2, 0.25) is 0 Å². The van der Waals surface area contributed by atoms with Crippen molar-refractivity contribution in [1.82, 2.24) is 10.2 Å². The van der Waals surface area contributed by atoms with Crippen LogP contribution in [0.15, 0.2) is 66.7 Å². The van der Waals surface area contributed by atoms with Crippen LogP contribution in [-0.2, 0) is 4.74 Å². The molecule has 2 aliphatic rings. The van der Waals surface area contributed by atoms with Gasteiger partial charge in [-0.3, -0.25) is 9.69 Å². The summed E-state index contributed by atoms with van der Waals surface area (Å²) in [7, 11) is 0. The van der Waals surface area contributed by atoms with E-state index in [0.29, 0.717) is 18.7 Å². The van der Waals surface area contributed by atoms with E-state index < -0.39 is 0 Å². The van der Waals surface area contributed by atoms with Crippen molar-refractivity contribution in [3.05, 3.63) is 77.9 Å². The molecule has 0 saturated carbocycles. The predicted octanol–water partition coefficient (Wildman–Crippen LogP) is 4.18. The number of morpholine rings is 1. The average molecular weight is 417 g/mol. The van der Waals surface area contributed by atoms with Crippen LogP contribution in [0.2, 0.25) is 0 Å². The Morgan fingerprint density at radius 1 is 1.00 bits per heavy atom. The highest BCUT2D eigenvalue weighted by molar-refractivity contribution is 5.98. The molecular weight excluding hydrogens is 388 g/mol. The summed E-state index contributed by atoms with van der Waals surface area (Å²) in [5, 5.41) is 5.31. The van der Waals surface area contributed by atoms with Crippen LogP contribution in [0, 0.1) is 0 Å². The molecule has 0 aliphatic carbocycles. The van der Waals surface area contributed by atoms with Gasteiger partial charge < -0.3 is 14.8 Å². The minimum absolute atomic E-state index is 0.00511. The third kappa shape index (κ3) is 4.29. The number of carbonyl (C=O) groups excluding carboxylic acids is 1. The van der Waals surface area contributed by atoms with E-state index in [1.165, 1.54) is 0 Å². The van der Waals surface area contributed by atoms with Crippen LogP contribution in [0.1, 0.15) is 34.9 Å². The maximum atomic E-state index is 12.5. The molecule has 5 nitrogen and oxygen atoms in total. The minimum Gasteiger partial charge on any atom is -0.491 e. The second kappa shape index (κ2) is 9.08. The van der Waals surface area contributed by atoms with Gasteiger partial charge in [-0.2, -0.15) is 0 Å². The van der Waals surface area contributed by atoms with Gasteiger partial charge in [0.25, 0.3) is 5.91 Å². The summed E-state index contributed by atoms with van der Waals surface area (Å²) in [6, 6.07) is 22.4. The number of para-hydroxylation sites is 1. The van der Waals surface area contributed by atoms with Crippen molar-refractivity contribution in [2.45, 2.75) is 25.0 Å². The fourth-order valence-electron chi connectivity index (χ4n) is 4.63. The number of amides is 1. The van der Waals surface area contributed by atoms with Crippen molar-refractivity contribution in [1.29, 1.82) is 0 Å². The lowest BCUT2D eigenvalue weighted by Crippen LogP contribution is -2.52. The minimum atomic E-state index is -0.00511. The average Bonchev–Trinajstić information content (AvgIpc) is 2.83. The molecule has 0 bridgehead atoms. The number of rotatable bonds is 6. The number of nitrogens with one attached hydrogen (secondary N) is 1. The largest absolute Gasteiger partial charge is 0.491 e. The van der Waals surface area contributed by atoms with E-state index in [0.717, 1.165) is 54.6 Å². The number of benzene rings is 3. The first-order chi connectivity index (χ1) is 15.3. The van der Waals surface area contributed by atoms with Crippen LogP contribution in [-0.4, -0.2) is 49.7 Å². The van der Waals surface area contributed by atoms with Crippen molar-refractivity contribution in [2.75, 3.05) is 32.8 Å². The molecule has 2 atom stereocenters. The number of hydrogen-bond acceptors (Lipinski definition) is 4. The quantitative estimate of drug-likeness (QED) is 0.613. The molecule has 1 N–H and O–H groups in total. The fourth-order valence-corrected chi connectivity index (χ4v) is 4.63. The van der Waals surface area contributed by atoms with E-state index in [1.807, 2.05) is 54.6 Å². The summed E-state index contributed by atoms with van der Waals surface area (Å²) in [6.07, 6.45) is 2.07. The molecule has 5 rings (SSSR count). The highest BCUT2D eigenvalue weighted by Gasteiger charge is 2.38. The summed E-state index contributed by atoms with van der Waals surface area (Å²) >= 11 is 0. The van der Waals surface area contributed by atoms with Crippen LogP contribution >= 0.6 is 0 Å².